The van der Waals surface area contributed by atoms with E-state index >= 15 is 0 Å². The van der Waals surface area contributed by atoms with Crippen LogP contribution >= 0.6 is 23.5 Å². The van der Waals surface area contributed by atoms with Gasteiger partial charge in [0.15, 0.2) is 5.16 Å². The number of carbonyl (C=O) groups excluding carboxylic acids is 1. The lowest BCUT2D eigenvalue weighted by atomic mass is 10.3. The molecule has 0 fully saturated rings. The second-order valence-corrected chi connectivity index (χ2v) is 7.81. The normalized spacial score (nSPS) is 14.2. The lowest BCUT2D eigenvalue weighted by molar-refractivity contribution is -0.142. The Balaban J connectivity index is 2.07. The minimum Gasteiger partial charge on any atom is -0.465 e. The average Bonchev–Trinajstić information content (AvgIpc) is 3.05. The Bertz CT molecular complexity index is 852. The molecule has 5 nitrogen and oxygen atoms in total. The molecule has 0 N–H and O–H groups in total. The van der Waals surface area contributed by atoms with Gasteiger partial charge in [-0.1, -0.05) is 11.8 Å². The number of halogens is 1. The molecule has 0 unspecified atom stereocenters. The average molecular weight is 380 g/mol. The minimum absolute atomic E-state index is 0.183. The van der Waals surface area contributed by atoms with E-state index in [1.807, 2.05) is 0 Å². The Morgan fingerprint density at radius 2 is 2.16 bits per heavy atom. The lowest BCUT2D eigenvalue weighted by Gasteiger charge is -2.16. The summed E-state index contributed by atoms with van der Waals surface area (Å²) < 4.78 is 19.7. The van der Waals surface area contributed by atoms with Gasteiger partial charge in [-0.15, -0.1) is 11.8 Å². The summed E-state index contributed by atoms with van der Waals surface area (Å²) in [5, 5.41) is -0.0935. The van der Waals surface area contributed by atoms with Gasteiger partial charge >= 0.3 is 5.97 Å². The van der Waals surface area contributed by atoms with Crippen LogP contribution in [-0.4, -0.2) is 33.1 Å². The zero-order valence-corrected chi connectivity index (χ0v) is 15.5. The number of aromatic nitrogens is 2. The summed E-state index contributed by atoms with van der Waals surface area (Å²) in [6.07, 6.45) is 0.723. The van der Waals surface area contributed by atoms with E-state index in [1.54, 1.807) is 13.8 Å². The maximum absolute atomic E-state index is 13.3. The maximum atomic E-state index is 13.3. The van der Waals surface area contributed by atoms with E-state index in [0.717, 1.165) is 17.9 Å². The molecule has 0 saturated heterocycles. The van der Waals surface area contributed by atoms with Crippen molar-refractivity contribution in [2.45, 2.75) is 35.6 Å². The highest BCUT2D eigenvalue weighted by atomic mass is 32.2. The fourth-order valence-corrected chi connectivity index (χ4v) is 4.42. The first kappa shape index (κ1) is 18.0. The van der Waals surface area contributed by atoms with Crippen LogP contribution in [0.25, 0.3) is 5.69 Å². The van der Waals surface area contributed by atoms with Crippen LogP contribution < -0.4 is 5.56 Å². The van der Waals surface area contributed by atoms with Gasteiger partial charge in [0.2, 0.25) is 0 Å². The predicted octanol–water partition coefficient (Wildman–Crippen LogP) is 3.06. The largest absolute Gasteiger partial charge is 0.465 e. The summed E-state index contributed by atoms with van der Waals surface area (Å²) in [7, 11) is 0. The van der Waals surface area contributed by atoms with Crippen molar-refractivity contribution in [3.8, 4) is 5.69 Å². The molecule has 0 radical (unpaired) electrons. The van der Waals surface area contributed by atoms with E-state index < -0.39 is 5.25 Å². The Morgan fingerprint density at radius 3 is 2.84 bits per heavy atom. The zero-order chi connectivity index (χ0) is 18.0. The first-order chi connectivity index (χ1) is 12.0. The van der Waals surface area contributed by atoms with Gasteiger partial charge in [-0.2, -0.15) is 0 Å². The number of benzene rings is 1. The summed E-state index contributed by atoms with van der Waals surface area (Å²) in [6.45, 7) is 3.75. The Morgan fingerprint density at radius 1 is 1.44 bits per heavy atom. The van der Waals surface area contributed by atoms with Gasteiger partial charge in [-0.25, -0.2) is 9.37 Å². The van der Waals surface area contributed by atoms with E-state index in [9.17, 15) is 14.0 Å². The number of hydrogen-bond donors (Lipinski definition) is 0. The zero-order valence-electron chi connectivity index (χ0n) is 13.8. The molecule has 25 heavy (non-hydrogen) atoms. The maximum Gasteiger partial charge on any atom is 0.319 e. The van der Waals surface area contributed by atoms with Crippen molar-refractivity contribution in [3.63, 3.8) is 0 Å². The van der Waals surface area contributed by atoms with Gasteiger partial charge in [0.05, 0.1) is 22.9 Å². The van der Waals surface area contributed by atoms with Crippen molar-refractivity contribution >= 4 is 29.5 Å². The summed E-state index contributed by atoms with van der Waals surface area (Å²) in [5.41, 5.74) is 1.09. The van der Waals surface area contributed by atoms with Gasteiger partial charge in [0.1, 0.15) is 11.1 Å². The monoisotopic (exact) mass is 380 g/mol. The number of hydrogen-bond acceptors (Lipinski definition) is 6. The third-order valence-electron chi connectivity index (χ3n) is 3.65. The van der Waals surface area contributed by atoms with Crippen LogP contribution in [-0.2, 0) is 16.0 Å². The van der Waals surface area contributed by atoms with Crippen LogP contribution in [0.5, 0.6) is 0 Å². The van der Waals surface area contributed by atoms with Crippen molar-refractivity contribution in [1.82, 2.24) is 9.55 Å². The van der Waals surface area contributed by atoms with Crippen molar-refractivity contribution in [1.29, 1.82) is 0 Å². The van der Waals surface area contributed by atoms with Crippen molar-refractivity contribution in [2.24, 2.45) is 0 Å². The Hall–Kier alpha value is -1.80. The molecule has 0 aliphatic carbocycles. The number of carbonyl (C=O) groups is 1. The third-order valence-corrected chi connectivity index (χ3v) is 5.79. The van der Waals surface area contributed by atoms with Gasteiger partial charge in [-0.3, -0.25) is 14.2 Å². The van der Waals surface area contributed by atoms with Gasteiger partial charge in [-0.05, 0) is 38.1 Å². The second-order valence-electron chi connectivity index (χ2n) is 5.40. The quantitative estimate of drug-likeness (QED) is 0.451. The van der Waals surface area contributed by atoms with E-state index in [-0.39, 0.29) is 17.3 Å². The number of thioether (sulfide) groups is 2. The summed E-state index contributed by atoms with van der Waals surface area (Å²) in [4.78, 5) is 30.1. The molecule has 8 heteroatoms. The van der Waals surface area contributed by atoms with Crippen LogP contribution in [0, 0.1) is 5.82 Å². The van der Waals surface area contributed by atoms with Crippen LogP contribution in [0.15, 0.2) is 39.1 Å². The third kappa shape index (κ3) is 3.74. The van der Waals surface area contributed by atoms with Crippen LogP contribution in [0.2, 0.25) is 0 Å². The number of nitrogens with zero attached hydrogens (tertiary/aromatic N) is 2. The van der Waals surface area contributed by atoms with E-state index in [0.29, 0.717) is 22.3 Å². The summed E-state index contributed by atoms with van der Waals surface area (Å²) in [5.74, 6) is 0.0689. The van der Waals surface area contributed by atoms with Crippen LogP contribution in [0.3, 0.4) is 0 Å². The Labute approximate surface area is 153 Å². The van der Waals surface area contributed by atoms with Gasteiger partial charge < -0.3 is 4.74 Å². The molecule has 1 atom stereocenters. The van der Waals surface area contributed by atoms with Crippen molar-refractivity contribution < 1.29 is 13.9 Å². The van der Waals surface area contributed by atoms with E-state index in [4.69, 9.17) is 4.74 Å². The second kappa shape index (κ2) is 7.61. The lowest BCUT2D eigenvalue weighted by Crippen LogP contribution is -2.26. The molecule has 1 aromatic heterocycles. The highest BCUT2D eigenvalue weighted by molar-refractivity contribution is 8.00. The molecular formula is C17H17FN2O3S2. The molecule has 3 rings (SSSR count). The predicted molar refractivity (Wildman–Crippen MR) is 96.2 cm³/mol. The molecule has 1 aromatic carbocycles. The molecule has 132 valence electrons. The first-order valence-electron chi connectivity index (χ1n) is 7.89. The molecule has 0 saturated carbocycles. The molecule has 0 spiro atoms. The number of fused-ring (bicyclic) bond motifs is 1. The van der Waals surface area contributed by atoms with Crippen molar-refractivity contribution in [2.75, 3.05) is 12.4 Å². The fraction of sp³-hybridized carbons (Fsp3) is 0.353. The number of ether oxygens (including phenoxy) is 1. The summed E-state index contributed by atoms with van der Waals surface area (Å²) in [6, 6.07) is 5.66. The number of esters is 1. The summed E-state index contributed by atoms with van der Waals surface area (Å²) >= 11 is 2.65. The van der Waals surface area contributed by atoms with Gasteiger partial charge in [0.25, 0.3) is 5.56 Å². The first-order valence-corrected chi connectivity index (χ1v) is 9.75. The number of aryl methyl sites for hydroxylation is 1. The molecule has 1 aliphatic heterocycles. The molecule has 2 heterocycles. The SMILES string of the molecule is CCOC(=O)[C@H](C)Sc1nc2c(c(=O)n1-c1ccc(F)cc1)SCC2. The number of rotatable bonds is 5. The van der Waals surface area contributed by atoms with Crippen molar-refractivity contribution in [3.05, 3.63) is 46.1 Å². The highest BCUT2D eigenvalue weighted by Crippen LogP contribution is 2.31. The van der Waals surface area contributed by atoms with E-state index in [1.165, 1.54) is 52.4 Å². The minimum atomic E-state index is -0.509. The van der Waals surface area contributed by atoms with Crippen LogP contribution in [0.4, 0.5) is 4.39 Å². The molecule has 2 aromatic rings. The smallest absolute Gasteiger partial charge is 0.319 e. The molecule has 0 bridgehead atoms. The highest BCUT2D eigenvalue weighted by Gasteiger charge is 2.25. The fourth-order valence-electron chi connectivity index (χ4n) is 2.46. The van der Waals surface area contributed by atoms with Gasteiger partial charge in [0, 0.05) is 12.2 Å². The van der Waals surface area contributed by atoms with E-state index in [2.05, 4.69) is 4.98 Å². The topological polar surface area (TPSA) is 61.2 Å². The molecular weight excluding hydrogens is 363 g/mol. The molecule has 0 amide bonds. The molecule has 1 aliphatic rings. The standard InChI is InChI=1S/C17H17FN2O3S2/c1-3-23-16(22)10(2)25-17-19-13-8-9-24-14(13)15(21)20(17)12-6-4-11(18)5-7-12/h4-7,10H,3,8-9H2,1-2H3/t10-/m0/s1. The Kier molecular flexibility index (Phi) is 5.48. The van der Waals surface area contributed by atoms with Crippen LogP contribution in [0.1, 0.15) is 19.5 Å².